The predicted molar refractivity (Wildman–Crippen MR) is 84.2 cm³/mol. The molecule has 1 saturated carbocycles. The van der Waals surface area contributed by atoms with E-state index in [-0.39, 0.29) is 11.8 Å². The molecule has 1 aliphatic carbocycles. The summed E-state index contributed by atoms with van der Waals surface area (Å²) in [6, 6.07) is 18.2. The van der Waals surface area contributed by atoms with Gasteiger partial charge in [0.15, 0.2) is 0 Å². The number of carbonyl (C=O) groups excluding carboxylic acids is 1. The number of hydrogen-bond donors (Lipinski definition) is 1. The minimum absolute atomic E-state index is 0.00668. The first kappa shape index (κ1) is 13.6. The van der Waals surface area contributed by atoms with Crippen LogP contribution >= 0.6 is 0 Å². The largest absolute Gasteiger partial charge is 0.273 e. The van der Waals surface area contributed by atoms with Crippen LogP contribution in [0.5, 0.6) is 0 Å². The lowest BCUT2D eigenvalue weighted by Gasteiger charge is -2.00. The molecule has 1 fully saturated rings. The van der Waals surface area contributed by atoms with Gasteiger partial charge in [-0.1, -0.05) is 60.2 Å². The van der Waals surface area contributed by atoms with Gasteiger partial charge in [0.1, 0.15) is 0 Å². The molecule has 0 aliphatic heterocycles. The molecule has 2 aromatic carbocycles. The number of benzene rings is 2. The van der Waals surface area contributed by atoms with E-state index >= 15 is 0 Å². The van der Waals surface area contributed by atoms with Gasteiger partial charge in [0.25, 0.3) is 0 Å². The van der Waals surface area contributed by atoms with Crippen molar-refractivity contribution in [3.8, 4) is 0 Å². The number of amides is 1. The van der Waals surface area contributed by atoms with Gasteiger partial charge in [-0.25, -0.2) is 5.43 Å². The van der Waals surface area contributed by atoms with E-state index in [1.54, 1.807) is 6.21 Å². The van der Waals surface area contributed by atoms with E-state index in [0.717, 1.165) is 12.0 Å². The molecule has 3 nitrogen and oxygen atoms in total. The van der Waals surface area contributed by atoms with Crippen molar-refractivity contribution in [3.63, 3.8) is 0 Å². The zero-order chi connectivity index (χ0) is 14.7. The van der Waals surface area contributed by atoms with Crippen LogP contribution in [-0.4, -0.2) is 12.1 Å². The molecule has 0 aromatic heterocycles. The van der Waals surface area contributed by atoms with Crippen molar-refractivity contribution in [2.45, 2.75) is 19.3 Å². The summed E-state index contributed by atoms with van der Waals surface area (Å²) in [7, 11) is 0. The fraction of sp³-hybridized carbons (Fsp3) is 0.222. The zero-order valence-electron chi connectivity index (χ0n) is 12.0. The first-order valence-corrected chi connectivity index (χ1v) is 7.18. The lowest BCUT2D eigenvalue weighted by Crippen LogP contribution is -2.20. The van der Waals surface area contributed by atoms with E-state index in [9.17, 15) is 4.79 Å². The quantitative estimate of drug-likeness (QED) is 0.677. The molecule has 0 heterocycles. The molecule has 1 amide bonds. The monoisotopic (exact) mass is 278 g/mol. The standard InChI is InChI=1S/C18H18N2O/c1-13-7-9-14(10-8-13)12-19-20-18(21)17-11-16(17)15-5-3-2-4-6-15/h2-10,12,16-17H,11H2,1H3,(H,20,21)/b19-12-/t16-,17+/m0/s1. The van der Waals surface area contributed by atoms with E-state index < -0.39 is 0 Å². The Bertz CT molecular complexity index is 647. The number of hydrogen-bond acceptors (Lipinski definition) is 2. The summed E-state index contributed by atoms with van der Waals surface area (Å²) in [5, 5.41) is 4.04. The SMILES string of the molecule is Cc1ccc(/C=N\NC(=O)[C@@H]2C[C@H]2c2ccccc2)cc1. The maximum atomic E-state index is 12.0. The van der Waals surface area contributed by atoms with Crippen molar-refractivity contribution in [2.24, 2.45) is 11.0 Å². The van der Waals surface area contributed by atoms with Gasteiger partial charge in [-0.2, -0.15) is 5.10 Å². The number of nitrogens with one attached hydrogen (secondary N) is 1. The van der Waals surface area contributed by atoms with Crippen LogP contribution in [-0.2, 0) is 4.79 Å². The van der Waals surface area contributed by atoms with E-state index in [1.165, 1.54) is 11.1 Å². The van der Waals surface area contributed by atoms with E-state index in [1.807, 2.05) is 49.4 Å². The van der Waals surface area contributed by atoms with Crippen molar-refractivity contribution < 1.29 is 4.79 Å². The molecule has 2 atom stereocenters. The minimum Gasteiger partial charge on any atom is -0.273 e. The molecular formula is C18H18N2O. The number of aryl methyl sites for hydroxylation is 1. The van der Waals surface area contributed by atoms with Gasteiger partial charge in [0.05, 0.1) is 6.21 Å². The van der Waals surface area contributed by atoms with E-state index in [2.05, 4.69) is 22.7 Å². The van der Waals surface area contributed by atoms with Crippen LogP contribution in [0.3, 0.4) is 0 Å². The van der Waals surface area contributed by atoms with Crippen molar-refractivity contribution in [1.82, 2.24) is 5.43 Å². The molecule has 21 heavy (non-hydrogen) atoms. The molecule has 0 radical (unpaired) electrons. The highest BCUT2D eigenvalue weighted by Crippen LogP contribution is 2.47. The van der Waals surface area contributed by atoms with Gasteiger partial charge in [0, 0.05) is 5.92 Å². The molecule has 106 valence electrons. The second-order valence-electron chi connectivity index (χ2n) is 5.50. The average Bonchev–Trinajstić information content (AvgIpc) is 3.31. The Balaban J connectivity index is 1.53. The molecule has 2 aromatic rings. The Kier molecular flexibility index (Phi) is 3.82. The third-order valence-corrected chi connectivity index (χ3v) is 3.82. The summed E-state index contributed by atoms with van der Waals surface area (Å²) in [6.45, 7) is 2.04. The second-order valence-corrected chi connectivity index (χ2v) is 5.50. The topological polar surface area (TPSA) is 41.5 Å². The van der Waals surface area contributed by atoms with Crippen LogP contribution in [0.15, 0.2) is 59.7 Å². The van der Waals surface area contributed by atoms with Crippen molar-refractivity contribution in [2.75, 3.05) is 0 Å². The summed E-state index contributed by atoms with van der Waals surface area (Å²) in [6.07, 6.45) is 2.59. The zero-order valence-corrected chi connectivity index (χ0v) is 12.0. The molecule has 0 saturated heterocycles. The Morgan fingerprint density at radius 3 is 2.57 bits per heavy atom. The van der Waals surface area contributed by atoms with Crippen molar-refractivity contribution in [1.29, 1.82) is 0 Å². The summed E-state index contributed by atoms with van der Waals surface area (Å²) >= 11 is 0. The van der Waals surface area contributed by atoms with Gasteiger partial charge in [-0.3, -0.25) is 4.79 Å². The Labute approximate surface area is 124 Å². The molecule has 3 heteroatoms. The molecule has 0 spiro atoms. The highest BCUT2D eigenvalue weighted by molar-refractivity contribution is 5.85. The van der Waals surface area contributed by atoms with Crippen molar-refractivity contribution >= 4 is 12.1 Å². The van der Waals surface area contributed by atoms with Gasteiger partial charge in [-0.15, -0.1) is 0 Å². The Hall–Kier alpha value is -2.42. The summed E-state index contributed by atoms with van der Waals surface area (Å²) in [5.41, 5.74) is 6.07. The van der Waals surface area contributed by atoms with E-state index in [4.69, 9.17) is 0 Å². The smallest absolute Gasteiger partial charge is 0.243 e. The number of carbonyl (C=O) groups is 1. The molecular weight excluding hydrogens is 260 g/mol. The van der Waals surface area contributed by atoms with Crippen LogP contribution in [0.4, 0.5) is 0 Å². The highest BCUT2D eigenvalue weighted by Gasteiger charge is 2.43. The first-order valence-electron chi connectivity index (χ1n) is 7.18. The number of hydrazone groups is 1. The molecule has 0 bridgehead atoms. The molecule has 0 unspecified atom stereocenters. The summed E-state index contributed by atoms with van der Waals surface area (Å²) < 4.78 is 0. The second kappa shape index (κ2) is 5.92. The lowest BCUT2D eigenvalue weighted by atomic mass is 10.1. The first-order chi connectivity index (χ1) is 10.2. The minimum atomic E-state index is 0.00668. The Morgan fingerprint density at radius 1 is 1.14 bits per heavy atom. The predicted octanol–water partition coefficient (Wildman–Crippen LogP) is 3.25. The summed E-state index contributed by atoms with van der Waals surface area (Å²) in [4.78, 5) is 12.0. The fourth-order valence-corrected chi connectivity index (χ4v) is 2.46. The fourth-order valence-electron chi connectivity index (χ4n) is 2.46. The van der Waals surface area contributed by atoms with Crippen molar-refractivity contribution in [3.05, 3.63) is 71.3 Å². The highest BCUT2D eigenvalue weighted by atomic mass is 16.2. The number of rotatable bonds is 4. The normalized spacial score (nSPS) is 20.4. The van der Waals surface area contributed by atoms with Crippen LogP contribution in [0.1, 0.15) is 29.0 Å². The summed E-state index contributed by atoms with van der Waals surface area (Å²) in [5.74, 6) is 0.413. The van der Waals surface area contributed by atoms with Crippen LogP contribution < -0.4 is 5.43 Å². The van der Waals surface area contributed by atoms with E-state index in [0.29, 0.717) is 5.92 Å². The molecule has 1 aliphatic rings. The molecule has 3 rings (SSSR count). The average molecular weight is 278 g/mol. The third kappa shape index (κ3) is 3.37. The van der Waals surface area contributed by atoms with Gasteiger partial charge in [0.2, 0.25) is 5.91 Å². The number of nitrogens with zero attached hydrogens (tertiary/aromatic N) is 1. The van der Waals surface area contributed by atoms with Gasteiger partial charge in [-0.05, 0) is 30.4 Å². The van der Waals surface area contributed by atoms with Crippen LogP contribution in [0, 0.1) is 12.8 Å². The van der Waals surface area contributed by atoms with Crippen LogP contribution in [0.2, 0.25) is 0 Å². The Morgan fingerprint density at radius 2 is 1.86 bits per heavy atom. The van der Waals surface area contributed by atoms with Gasteiger partial charge >= 0.3 is 0 Å². The molecule has 1 N–H and O–H groups in total. The van der Waals surface area contributed by atoms with Crippen LogP contribution in [0.25, 0.3) is 0 Å². The third-order valence-electron chi connectivity index (χ3n) is 3.82. The maximum Gasteiger partial charge on any atom is 0.243 e. The lowest BCUT2D eigenvalue weighted by molar-refractivity contribution is -0.122. The maximum absolute atomic E-state index is 12.0. The van der Waals surface area contributed by atoms with Gasteiger partial charge < -0.3 is 0 Å².